The van der Waals surface area contributed by atoms with Crippen LogP contribution in [0.4, 0.5) is 0 Å². The molecule has 27 heavy (non-hydrogen) atoms. The Morgan fingerprint density at radius 1 is 1.19 bits per heavy atom. The van der Waals surface area contributed by atoms with Crippen LogP contribution in [-0.4, -0.2) is 50.6 Å². The summed E-state index contributed by atoms with van der Waals surface area (Å²) in [5, 5.41) is 15.2. The first-order valence-electron chi connectivity index (χ1n) is 10.7. The molecule has 2 heterocycles. The van der Waals surface area contributed by atoms with Gasteiger partial charge in [0.05, 0.1) is 6.54 Å². The summed E-state index contributed by atoms with van der Waals surface area (Å²) < 4.78 is 1.67. The topological polar surface area (TPSA) is 75.9 Å². The lowest BCUT2D eigenvalue weighted by Gasteiger charge is -2.20. The molecule has 1 amide bonds. The summed E-state index contributed by atoms with van der Waals surface area (Å²) in [6.45, 7) is 3.94. The third kappa shape index (κ3) is 3.30. The monoisotopic (exact) mass is 370 g/mol. The van der Waals surface area contributed by atoms with E-state index in [9.17, 15) is 4.79 Å². The molecule has 7 heteroatoms. The number of amides is 1. The van der Waals surface area contributed by atoms with E-state index in [1.54, 1.807) is 4.68 Å². The zero-order chi connectivity index (χ0) is 18.3. The molecular formula is C20H30N6O. The summed E-state index contributed by atoms with van der Waals surface area (Å²) >= 11 is 0. The average Bonchev–Trinajstić information content (AvgIpc) is 3.25. The number of hydrogen-bond donors (Lipinski definition) is 1. The second kappa shape index (κ2) is 7.00. The van der Waals surface area contributed by atoms with Crippen molar-refractivity contribution in [3.8, 4) is 0 Å². The summed E-state index contributed by atoms with van der Waals surface area (Å²) in [5.74, 6) is 2.89. The number of nitrogens with one attached hydrogen (secondary N) is 1. The highest BCUT2D eigenvalue weighted by Crippen LogP contribution is 2.69. The van der Waals surface area contributed by atoms with E-state index in [2.05, 4.69) is 37.9 Å². The first-order chi connectivity index (χ1) is 13.2. The average molecular weight is 371 g/mol. The molecule has 7 nitrogen and oxygen atoms in total. The minimum Gasteiger partial charge on any atom is -0.354 e. The molecule has 0 aromatic carbocycles. The van der Waals surface area contributed by atoms with E-state index in [1.807, 2.05) is 0 Å². The third-order valence-corrected chi connectivity index (χ3v) is 7.37. The fraction of sp³-hybridized carbons (Fsp3) is 0.800. The zero-order valence-electron chi connectivity index (χ0n) is 16.0. The van der Waals surface area contributed by atoms with Crippen molar-refractivity contribution in [1.82, 2.24) is 30.4 Å². The van der Waals surface area contributed by atoms with Crippen LogP contribution in [0.25, 0.3) is 0 Å². The van der Waals surface area contributed by atoms with Gasteiger partial charge in [-0.05, 0) is 78.8 Å². The van der Waals surface area contributed by atoms with E-state index in [0.29, 0.717) is 17.3 Å². The number of aromatic nitrogens is 4. The van der Waals surface area contributed by atoms with Crippen LogP contribution in [0.15, 0.2) is 12.2 Å². The molecule has 3 aliphatic carbocycles. The van der Waals surface area contributed by atoms with E-state index >= 15 is 0 Å². The van der Waals surface area contributed by atoms with Crippen molar-refractivity contribution in [2.24, 2.45) is 23.2 Å². The fourth-order valence-corrected chi connectivity index (χ4v) is 5.75. The van der Waals surface area contributed by atoms with Crippen LogP contribution < -0.4 is 5.32 Å². The first kappa shape index (κ1) is 17.3. The van der Waals surface area contributed by atoms with Crippen LogP contribution in [0.1, 0.15) is 50.8 Å². The normalized spacial score (nSPS) is 31.3. The summed E-state index contributed by atoms with van der Waals surface area (Å²) in [6.07, 6.45) is 13.9. The van der Waals surface area contributed by atoms with Crippen molar-refractivity contribution in [2.45, 2.75) is 58.0 Å². The number of allylic oxidation sites excluding steroid dienone is 2. The molecular weight excluding hydrogens is 340 g/mol. The van der Waals surface area contributed by atoms with E-state index in [0.717, 1.165) is 37.9 Å². The van der Waals surface area contributed by atoms with Gasteiger partial charge in [-0.1, -0.05) is 25.0 Å². The molecule has 2 saturated carbocycles. The summed E-state index contributed by atoms with van der Waals surface area (Å²) in [4.78, 5) is 14.9. The van der Waals surface area contributed by atoms with Crippen LogP contribution in [0, 0.1) is 23.2 Å². The van der Waals surface area contributed by atoms with Gasteiger partial charge in [0.1, 0.15) is 6.54 Å². The number of nitrogens with zero attached hydrogens (tertiary/aromatic N) is 5. The molecule has 1 saturated heterocycles. The van der Waals surface area contributed by atoms with Gasteiger partial charge in [-0.2, -0.15) is 0 Å². The lowest BCUT2D eigenvalue weighted by atomic mass is 9.89. The maximum Gasteiger partial charge on any atom is 0.241 e. The van der Waals surface area contributed by atoms with Gasteiger partial charge in [-0.3, -0.25) is 9.69 Å². The molecule has 5 rings (SSSR count). The molecule has 1 N–H and O–H groups in total. The van der Waals surface area contributed by atoms with Gasteiger partial charge in [0.25, 0.3) is 0 Å². The quantitative estimate of drug-likeness (QED) is 0.773. The second-order valence-corrected chi connectivity index (χ2v) is 8.99. The smallest absolute Gasteiger partial charge is 0.241 e. The number of carbonyl (C=O) groups is 1. The third-order valence-electron chi connectivity index (χ3n) is 7.37. The van der Waals surface area contributed by atoms with Crippen molar-refractivity contribution >= 4 is 5.91 Å². The molecule has 4 aliphatic rings. The Balaban J connectivity index is 1.13. The molecule has 1 aromatic rings. The Hall–Kier alpha value is -1.76. The maximum absolute atomic E-state index is 12.5. The highest BCUT2D eigenvalue weighted by molar-refractivity contribution is 5.75. The molecule has 3 fully saturated rings. The van der Waals surface area contributed by atoms with Gasteiger partial charge >= 0.3 is 0 Å². The minimum absolute atomic E-state index is 0.0241. The highest BCUT2D eigenvalue weighted by Gasteiger charge is 2.62. The number of likely N-dealkylation sites (tertiary alicyclic amines) is 1. The zero-order valence-corrected chi connectivity index (χ0v) is 16.0. The van der Waals surface area contributed by atoms with Gasteiger partial charge in [-0.15, -0.1) is 5.10 Å². The summed E-state index contributed by atoms with van der Waals surface area (Å²) in [7, 11) is 0. The summed E-state index contributed by atoms with van der Waals surface area (Å²) in [6, 6.07) is 0. The van der Waals surface area contributed by atoms with E-state index in [4.69, 9.17) is 0 Å². The molecule has 1 aliphatic heterocycles. The van der Waals surface area contributed by atoms with E-state index in [-0.39, 0.29) is 12.5 Å². The maximum atomic E-state index is 12.5. The van der Waals surface area contributed by atoms with Crippen molar-refractivity contribution < 1.29 is 4.79 Å². The van der Waals surface area contributed by atoms with Crippen LogP contribution in [0.5, 0.6) is 0 Å². The van der Waals surface area contributed by atoms with Gasteiger partial charge in [0.2, 0.25) is 5.91 Å². The van der Waals surface area contributed by atoms with Crippen LogP contribution in [0.3, 0.4) is 0 Å². The molecule has 0 radical (unpaired) electrons. The predicted octanol–water partition coefficient (Wildman–Crippen LogP) is 1.77. The lowest BCUT2D eigenvalue weighted by molar-refractivity contribution is -0.122. The minimum atomic E-state index is 0.0241. The molecule has 3 atom stereocenters. The van der Waals surface area contributed by atoms with E-state index in [1.165, 1.54) is 44.9 Å². The van der Waals surface area contributed by atoms with Gasteiger partial charge in [0, 0.05) is 6.54 Å². The largest absolute Gasteiger partial charge is 0.354 e. The Morgan fingerprint density at radius 3 is 2.74 bits per heavy atom. The molecule has 0 unspecified atom stereocenters. The highest BCUT2D eigenvalue weighted by atomic mass is 16.2. The van der Waals surface area contributed by atoms with E-state index < -0.39 is 0 Å². The van der Waals surface area contributed by atoms with Crippen LogP contribution >= 0.6 is 0 Å². The number of tetrazole rings is 1. The SMILES string of the molecule is O=C(Cn1nnnc1CN1CCCCCC1)NC[C@@H]1C[C@@H]2C=C[C@@H]1C21CC1. The number of hydrogen-bond acceptors (Lipinski definition) is 5. The van der Waals surface area contributed by atoms with Crippen molar-refractivity contribution in [2.75, 3.05) is 19.6 Å². The number of carbonyl (C=O) groups excluding carboxylic acids is 1. The fourth-order valence-electron chi connectivity index (χ4n) is 5.75. The second-order valence-electron chi connectivity index (χ2n) is 8.99. The van der Waals surface area contributed by atoms with Crippen molar-refractivity contribution in [3.63, 3.8) is 0 Å². The van der Waals surface area contributed by atoms with Gasteiger partial charge in [-0.25, -0.2) is 4.68 Å². The Morgan fingerprint density at radius 2 is 2.00 bits per heavy atom. The van der Waals surface area contributed by atoms with Crippen molar-refractivity contribution in [1.29, 1.82) is 0 Å². The molecule has 146 valence electrons. The van der Waals surface area contributed by atoms with Crippen molar-refractivity contribution in [3.05, 3.63) is 18.0 Å². The van der Waals surface area contributed by atoms with Crippen LogP contribution in [0.2, 0.25) is 0 Å². The Kier molecular flexibility index (Phi) is 4.50. The molecule has 2 bridgehead atoms. The van der Waals surface area contributed by atoms with Gasteiger partial charge < -0.3 is 5.32 Å². The molecule has 1 spiro atoms. The number of rotatable bonds is 6. The summed E-state index contributed by atoms with van der Waals surface area (Å²) in [5.41, 5.74) is 0.589. The predicted molar refractivity (Wildman–Crippen MR) is 100 cm³/mol. The first-order valence-corrected chi connectivity index (χ1v) is 10.7. The standard InChI is InChI=1S/C20H30N6O/c27-19(21-12-15-11-16-5-6-17(15)20(16)7-8-20)14-26-18(22-23-24-26)13-25-9-3-1-2-4-10-25/h5-6,15-17H,1-4,7-14H2,(H,21,27)/t15-,16-,17-/m0/s1. The lowest BCUT2D eigenvalue weighted by Crippen LogP contribution is -2.35. The Bertz CT molecular complexity index is 716. The molecule has 1 aromatic heterocycles. The Labute approximate surface area is 160 Å². The van der Waals surface area contributed by atoms with Crippen LogP contribution in [-0.2, 0) is 17.9 Å². The van der Waals surface area contributed by atoms with Gasteiger partial charge in [0.15, 0.2) is 5.82 Å².